The standard InChI is InChI=1S/C11H8N2O3/c14-7-8-1-3-9(4-2-8)13-11(15)10-5-6-12-16-10/h1-7H,(H,13,15). The number of amides is 1. The lowest BCUT2D eigenvalue weighted by Gasteiger charge is -2.01. The van der Waals surface area contributed by atoms with E-state index >= 15 is 0 Å². The molecule has 0 fully saturated rings. The number of rotatable bonds is 3. The van der Waals surface area contributed by atoms with Gasteiger partial charge in [0.15, 0.2) is 0 Å². The maximum Gasteiger partial charge on any atom is 0.294 e. The molecule has 1 heterocycles. The zero-order valence-corrected chi connectivity index (χ0v) is 8.21. The first-order valence-electron chi connectivity index (χ1n) is 4.57. The molecule has 0 aliphatic carbocycles. The van der Waals surface area contributed by atoms with Gasteiger partial charge in [-0.25, -0.2) is 0 Å². The topological polar surface area (TPSA) is 72.2 Å². The largest absolute Gasteiger partial charge is 0.351 e. The van der Waals surface area contributed by atoms with E-state index in [1.54, 1.807) is 24.3 Å². The Kier molecular flexibility index (Phi) is 2.77. The number of carbonyl (C=O) groups excluding carboxylic acids is 2. The van der Waals surface area contributed by atoms with Crippen LogP contribution in [0.1, 0.15) is 20.9 Å². The van der Waals surface area contributed by atoms with Gasteiger partial charge in [-0.3, -0.25) is 9.59 Å². The van der Waals surface area contributed by atoms with E-state index in [0.29, 0.717) is 11.3 Å². The van der Waals surface area contributed by atoms with Crippen LogP contribution in [-0.4, -0.2) is 17.4 Å². The Labute approximate surface area is 91.1 Å². The maximum absolute atomic E-state index is 11.5. The maximum atomic E-state index is 11.5. The third-order valence-electron chi connectivity index (χ3n) is 1.97. The van der Waals surface area contributed by atoms with E-state index in [0.717, 1.165) is 6.29 Å². The Morgan fingerprint density at radius 2 is 2.00 bits per heavy atom. The second kappa shape index (κ2) is 4.39. The van der Waals surface area contributed by atoms with Crippen LogP contribution in [0, 0.1) is 0 Å². The number of anilines is 1. The molecular formula is C11H8N2O3. The number of benzene rings is 1. The molecule has 0 saturated carbocycles. The smallest absolute Gasteiger partial charge is 0.294 e. The number of aromatic nitrogens is 1. The summed E-state index contributed by atoms with van der Waals surface area (Å²) >= 11 is 0. The number of nitrogens with one attached hydrogen (secondary N) is 1. The molecule has 0 bridgehead atoms. The van der Waals surface area contributed by atoms with Crippen LogP contribution in [0.3, 0.4) is 0 Å². The van der Waals surface area contributed by atoms with Crippen molar-refractivity contribution in [2.45, 2.75) is 0 Å². The quantitative estimate of drug-likeness (QED) is 0.793. The summed E-state index contributed by atoms with van der Waals surface area (Å²) in [6.45, 7) is 0. The highest BCUT2D eigenvalue weighted by Crippen LogP contribution is 2.10. The van der Waals surface area contributed by atoms with E-state index in [1.807, 2.05) is 0 Å². The summed E-state index contributed by atoms with van der Waals surface area (Å²) in [6.07, 6.45) is 2.13. The minimum Gasteiger partial charge on any atom is -0.351 e. The highest BCUT2D eigenvalue weighted by molar-refractivity contribution is 6.02. The van der Waals surface area contributed by atoms with Crippen LogP contribution in [0.2, 0.25) is 0 Å². The fraction of sp³-hybridized carbons (Fsp3) is 0. The van der Waals surface area contributed by atoms with Crippen molar-refractivity contribution in [1.29, 1.82) is 0 Å². The van der Waals surface area contributed by atoms with Crippen LogP contribution in [0.5, 0.6) is 0 Å². The average molecular weight is 216 g/mol. The molecule has 1 aromatic heterocycles. The Bertz CT molecular complexity index is 488. The van der Waals surface area contributed by atoms with Crippen LogP contribution in [0.15, 0.2) is 41.1 Å². The zero-order valence-electron chi connectivity index (χ0n) is 8.21. The van der Waals surface area contributed by atoms with Crippen molar-refractivity contribution in [2.24, 2.45) is 0 Å². The van der Waals surface area contributed by atoms with Crippen molar-refractivity contribution in [3.63, 3.8) is 0 Å². The average Bonchev–Trinajstić information content (AvgIpc) is 2.83. The third kappa shape index (κ3) is 2.14. The van der Waals surface area contributed by atoms with Gasteiger partial charge in [-0.05, 0) is 24.3 Å². The summed E-state index contributed by atoms with van der Waals surface area (Å²) in [7, 11) is 0. The minimum absolute atomic E-state index is 0.138. The predicted molar refractivity (Wildman–Crippen MR) is 56.3 cm³/mol. The fourth-order valence-corrected chi connectivity index (χ4v) is 1.17. The summed E-state index contributed by atoms with van der Waals surface area (Å²) in [5, 5.41) is 6.04. The Hall–Kier alpha value is -2.43. The Morgan fingerprint density at radius 3 is 2.56 bits per heavy atom. The van der Waals surface area contributed by atoms with Gasteiger partial charge < -0.3 is 9.84 Å². The highest BCUT2D eigenvalue weighted by atomic mass is 16.5. The molecule has 0 aliphatic rings. The van der Waals surface area contributed by atoms with Crippen LogP contribution < -0.4 is 5.32 Å². The van der Waals surface area contributed by atoms with Crippen molar-refractivity contribution in [2.75, 3.05) is 5.32 Å². The predicted octanol–water partition coefficient (Wildman–Crippen LogP) is 1.74. The van der Waals surface area contributed by atoms with E-state index in [1.165, 1.54) is 12.3 Å². The van der Waals surface area contributed by atoms with Crippen molar-refractivity contribution >= 4 is 17.9 Å². The first-order valence-corrected chi connectivity index (χ1v) is 4.57. The summed E-state index contributed by atoms with van der Waals surface area (Å²) in [4.78, 5) is 21.9. The Morgan fingerprint density at radius 1 is 1.25 bits per heavy atom. The number of carbonyl (C=O) groups is 2. The molecular weight excluding hydrogens is 208 g/mol. The monoisotopic (exact) mass is 216 g/mol. The first-order chi connectivity index (χ1) is 7.79. The second-order valence-electron chi connectivity index (χ2n) is 3.07. The zero-order chi connectivity index (χ0) is 11.4. The molecule has 80 valence electrons. The highest BCUT2D eigenvalue weighted by Gasteiger charge is 2.09. The van der Waals surface area contributed by atoms with Crippen LogP contribution in [0.4, 0.5) is 5.69 Å². The number of hydrogen-bond acceptors (Lipinski definition) is 4. The van der Waals surface area contributed by atoms with Gasteiger partial charge in [0.2, 0.25) is 5.76 Å². The minimum atomic E-state index is -0.378. The number of nitrogens with zero attached hydrogens (tertiary/aromatic N) is 1. The van der Waals surface area contributed by atoms with Crippen LogP contribution >= 0.6 is 0 Å². The lowest BCUT2D eigenvalue weighted by atomic mass is 10.2. The molecule has 5 nitrogen and oxygen atoms in total. The Balaban J connectivity index is 2.09. The van der Waals surface area contributed by atoms with Crippen LogP contribution in [0.25, 0.3) is 0 Å². The van der Waals surface area contributed by atoms with Gasteiger partial charge >= 0.3 is 0 Å². The van der Waals surface area contributed by atoms with E-state index in [-0.39, 0.29) is 11.7 Å². The fourth-order valence-electron chi connectivity index (χ4n) is 1.17. The van der Waals surface area contributed by atoms with Crippen LogP contribution in [-0.2, 0) is 0 Å². The normalized spacial score (nSPS) is 9.75. The van der Waals surface area contributed by atoms with Crippen molar-refractivity contribution in [1.82, 2.24) is 5.16 Å². The van der Waals surface area contributed by atoms with Crippen molar-refractivity contribution in [3.05, 3.63) is 47.9 Å². The molecule has 0 spiro atoms. The SMILES string of the molecule is O=Cc1ccc(NC(=O)c2ccno2)cc1. The lowest BCUT2D eigenvalue weighted by molar-refractivity contribution is 0.0987. The van der Waals surface area contributed by atoms with E-state index in [2.05, 4.69) is 10.5 Å². The van der Waals surface area contributed by atoms with Gasteiger partial charge in [0.25, 0.3) is 5.91 Å². The van der Waals surface area contributed by atoms with Crippen molar-refractivity contribution in [3.8, 4) is 0 Å². The van der Waals surface area contributed by atoms with E-state index in [4.69, 9.17) is 4.52 Å². The second-order valence-corrected chi connectivity index (χ2v) is 3.07. The van der Waals surface area contributed by atoms with E-state index in [9.17, 15) is 9.59 Å². The van der Waals surface area contributed by atoms with Gasteiger partial charge in [-0.1, -0.05) is 5.16 Å². The summed E-state index contributed by atoms with van der Waals surface area (Å²) in [5.41, 5.74) is 1.14. The molecule has 0 aliphatic heterocycles. The molecule has 2 aromatic rings. The molecule has 1 N–H and O–H groups in total. The van der Waals surface area contributed by atoms with Gasteiger partial charge in [0.1, 0.15) is 6.29 Å². The molecule has 16 heavy (non-hydrogen) atoms. The van der Waals surface area contributed by atoms with Gasteiger partial charge in [-0.15, -0.1) is 0 Å². The molecule has 0 atom stereocenters. The van der Waals surface area contributed by atoms with Gasteiger partial charge in [0.05, 0.1) is 6.20 Å². The lowest BCUT2D eigenvalue weighted by Crippen LogP contribution is -2.10. The summed E-state index contributed by atoms with van der Waals surface area (Å²) in [5.74, 6) is -0.240. The molecule has 5 heteroatoms. The summed E-state index contributed by atoms with van der Waals surface area (Å²) in [6, 6.07) is 7.97. The number of aldehydes is 1. The number of hydrogen-bond donors (Lipinski definition) is 1. The molecule has 1 aromatic carbocycles. The molecule has 0 radical (unpaired) electrons. The van der Waals surface area contributed by atoms with Gasteiger partial charge in [-0.2, -0.15) is 0 Å². The molecule has 2 rings (SSSR count). The summed E-state index contributed by atoms with van der Waals surface area (Å²) < 4.78 is 4.69. The molecule has 0 unspecified atom stereocenters. The molecule has 0 saturated heterocycles. The molecule has 1 amide bonds. The first kappa shape index (κ1) is 10.1. The van der Waals surface area contributed by atoms with Crippen molar-refractivity contribution < 1.29 is 14.1 Å². The van der Waals surface area contributed by atoms with E-state index < -0.39 is 0 Å². The third-order valence-corrected chi connectivity index (χ3v) is 1.97. The van der Waals surface area contributed by atoms with Gasteiger partial charge in [0, 0.05) is 17.3 Å².